The molecule has 0 aliphatic carbocycles. The van der Waals surface area contributed by atoms with Gasteiger partial charge in [-0.2, -0.15) is 0 Å². The number of nitrogens with two attached hydrogens (primary N) is 1. The molecule has 3 nitrogen and oxygen atoms in total. The van der Waals surface area contributed by atoms with Gasteiger partial charge in [0.2, 0.25) is 0 Å². The van der Waals surface area contributed by atoms with Crippen LogP contribution in [0, 0.1) is 0 Å². The molecule has 3 heteroatoms. The number of hydrogen-bond acceptors (Lipinski definition) is 3. The van der Waals surface area contributed by atoms with Gasteiger partial charge in [0.15, 0.2) is 0 Å². The third-order valence-electron chi connectivity index (χ3n) is 2.31. The SMILES string of the molecule is CC(N)C(O)CCc1ccccc1O. The van der Waals surface area contributed by atoms with Gasteiger partial charge in [0.25, 0.3) is 0 Å². The highest BCUT2D eigenvalue weighted by molar-refractivity contribution is 5.31. The lowest BCUT2D eigenvalue weighted by Crippen LogP contribution is -2.31. The Morgan fingerprint density at radius 2 is 2.00 bits per heavy atom. The van der Waals surface area contributed by atoms with Gasteiger partial charge in [0.05, 0.1) is 6.10 Å². The van der Waals surface area contributed by atoms with Crippen molar-refractivity contribution >= 4 is 0 Å². The Morgan fingerprint density at radius 1 is 1.36 bits per heavy atom. The van der Waals surface area contributed by atoms with E-state index in [1.807, 2.05) is 12.1 Å². The molecule has 2 atom stereocenters. The van der Waals surface area contributed by atoms with Crippen molar-refractivity contribution in [1.82, 2.24) is 0 Å². The number of aromatic hydroxyl groups is 1. The van der Waals surface area contributed by atoms with Crippen molar-refractivity contribution in [3.63, 3.8) is 0 Å². The number of aryl methyl sites for hydroxylation is 1. The van der Waals surface area contributed by atoms with Crippen LogP contribution in [0.4, 0.5) is 0 Å². The van der Waals surface area contributed by atoms with Crippen LogP contribution >= 0.6 is 0 Å². The second-order valence-electron chi connectivity index (χ2n) is 3.59. The highest BCUT2D eigenvalue weighted by Gasteiger charge is 2.10. The maximum absolute atomic E-state index is 9.47. The van der Waals surface area contributed by atoms with E-state index < -0.39 is 6.10 Å². The van der Waals surface area contributed by atoms with E-state index in [0.29, 0.717) is 12.8 Å². The molecule has 0 radical (unpaired) electrons. The molecule has 78 valence electrons. The van der Waals surface area contributed by atoms with Gasteiger partial charge in [-0.15, -0.1) is 0 Å². The minimum Gasteiger partial charge on any atom is -0.508 e. The summed E-state index contributed by atoms with van der Waals surface area (Å²) in [4.78, 5) is 0. The first-order chi connectivity index (χ1) is 6.61. The van der Waals surface area contributed by atoms with Crippen molar-refractivity contribution in [3.05, 3.63) is 29.8 Å². The van der Waals surface area contributed by atoms with Crippen LogP contribution < -0.4 is 5.73 Å². The summed E-state index contributed by atoms with van der Waals surface area (Å²) in [5, 5.41) is 18.9. The molecule has 0 aliphatic heterocycles. The van der Waals surface area contributed by atoms with Crippen LogP contribution in [0.2, 0.25) is 0 Å². The molecule has 0 heterocycles. The smallest absolute Gasteiger partial charge is 0.118 e. The highest BCUT2D eigenvalue weighted by atomic mass is 16.3. The van der Waals surface area contributed by atoms with Crippen molar-refractivity contribution in [2.75, 3.05) is 0 Å². The van der Waals surface area contributed by atoms with E-state index in [0.717, 1.165) is 5.56 Å². The molecular weight excluding hydrogens is 178 g/mol. The molecule has 0 fully saturated rings. The fraction of sp³-hybridized carbons (Fsp3) is 0.455. The molecular formula is C11H17NO2. The molecule has 0 saturated heterocycles. The lowest BCUT2D eigenvalue weighted by Gasteiger charge is -2.14. The fourth-order valence-corrected chi connectivity index (χ4v) is 1.29. The Kier molecular flexibility index (Phi) is 3.92. The van der Waals surface area contributed by atoms with Gasteiger partial charge in [0, 0.05) is 6.04 Å². The maximum atomic E-state index is 9.47. The number of rotatable bonds is 4. The molecule has 0 bridgehead atoms. The topological polar surface area (TPSA) is 66.5 Å². The molecule has 2 unspecified atom stereocenters. The van der Waals surface area contributed by atoms with Gasteiger partial charge in [-0.25, -0.2) is 0 Å². The summed E-state index contributed by atoms with van der Waals surface area (Å²) in [7, 11) is 0. The van der Waals surface area contributed by atoms with Gasteiger partial charge in [-0.1, -0.05) is 18.2 Å². The largest absolute Gasteiger partial charge is 0.508 e. The van der Waals surface area contributed by atoms with E-state index in [4.69, 9.17) is 5.73 Å². The Morgan fingerprint density at radius 3 is 2.57 bits per heavy atom. The van der Waals surface area contributed by atoms with E-state index in [9.17, 15) is 10.2 Å². The van der Waals surface area contributed by atoms with E-state index >= 15 is 0 Å². The highest BCUT2D eigenvalue weighted by Crippen LogP contribution is 2.18. The van der Waals surface area contributed by atoms with E-state index in [1.165, 1.54) is 0 Å². The Bertz CT molecular complexity index is 286. The van der Waals surface area contributed by atoms with Crippen LogP contribution in [-0.4, -0.2) is 22.4 Å². The summed E-state index contributed by atoms with van der Waals surface area (Å²) in [5.41, 5.74) is 6.38. The third-order valence-corrected chi connectivity index (χ3v) is 2.31. The Hall–Kier alpha value is -1.06. The van der Waals surface area contributed by atoms with E-state index in [-0.39, 0.29) is 11.8 Å². The van der Waals surface area contributed by atoms with Crippen molar-refractivity contribution in [1.29, 1.82) is 0 Å². The Balaban J connectivity index is 2.50. The minimum atomic E-state index is -0.505. The van der Waals surface area contributed by atoms with Crippen LogP contribution in [-0.2, 0) is 6.42 Å². The van der Waals surface area contributed by atoms with Crippen LogP contribution in [0.3, 0.4) is 0 Å². The lowest BCUT2D eigenvalue weighted by atomic mass is 10.0. The first-order valence-electron chi connectivity index (χ1n) is 4.81. The van der Waals surface area contributed by atoms with Crippen LogP contribution in [0.15, 0.2) is 24.3 Å². The normalized spacial score (nSPS) is 15.1. The standard InChI is InChI=1S/C11H17NO2/c1-8(12)10(13)7-6-9-4-2-3-5-11(9)14/h2-5,8,10,13-14H,6-7,12H2,1H3. The minimum absolute atomic E-state index is 0.221. The number of para-hydroxylation sites is 1. The van der Waals surface area contributed by atoms with Gasteiger partial charge >= 0.3 is 0 Å². The molecule has 1 aromatic carbocycles. The second-order valence-corrected chi connectivity index (χ2v) is 3.59. The summed E-state index contributed by atoms with van der Waals surface area (Å²) < 4.78 is 0. The number of phenols is 1. The summed E-state index contributed by atoms with van der Waals surface area (Å²) >= 11 is 0. The average Bonchev–Trinajstić information content (AvgIpc) is 2.16. The zero-order chi connectivity index (χ0) is 10.6. The molecule has 0 saturated carbocycles. The van der Waals surface area contributed by atoms with Crippen LogP contribution in [0.25, 0.3) is 0 Å². The molecule has 0 aliphatic rings. The Labute approximate surface area is 84.2 Å². The molecule has 4 N–H and O–H groups in total. The number of aliphatic hydroxyl groups excluding tert-OH is 1. The van der Waals surface area contributed by atoms with Gasteiger partial charge in [-0.3, -0.25) is 0 Å². The summed E-state index contributed by atoms with van der Waals surface area (Å²) in [5.74, 6) is 0.282. The van der Waals surface area contributed by atoms with E-state index in [2.05, 4.69) is 0 Å². The number of hydrogen-bond donors (Lipinski definition) is 3. The molecule has 0 amide bonds. The lowest BCUT2D eigenvalue weighted by molar-refractivity contribution is 0.141. The van der Waals surface area contributed by atoms with Crippen LogP contribution in [0.5, 0.6) is 5.75 Å². The fourth-order valence-electron chi connectivity index (χ4n) is 1.29. The van der Waals surface area contributed by atoms with Gasteiger partial charge in [-0.05, 0) is 31.4 Å². The van der Waals surface area contributed by atoms with Crippen LogP contribution in [0.1, 0.15) is 18.9 Å². The van der Waals surface area contributed by atoms with Gasteiger partial charge in [0.1, 0.15) is 5.75 Å². The summed E-state index contributed by atoms with van der Waals surface area (Å²) in [6.45, 7) is 1.77. The predicted octanol–water partition coefficient (Wildman–Crippen LogP) is 1.03. The van der Waals surface area contributed by atoms with Crippen molar-refractivity contribution in [3.8, 4) is 5.75 Å². The number of benzene rings is 1. The first-order valence-corrected chi connectivity index (χ1v) is 4.81. The third kappa shape index (κ3) is 3.01. The molecule has 14 heavy (non-hydrogen) atoms. The average molecular weight is 195 g/mol. The van der Waals surface area contributed by atoms with Crippen molar-refractivity contribution in [2.45, 2.75) is 31.9 Å². The quantitative estimate of drug-likeness (QED) is 0.672. The van der Waals surface area contributed by atoms with E-state index in [1.54, 1.807) is 19.1 Å². The van der Waals surface area contributed by atoms with Gasteiger partial charge < -0.3 is 15.9 Å². The molecule has 1 aromatic rings. The number of aliphatic hydroxyl groups is 1. The predicted molar refractivity (Wildman–Crippen MR) is 56.1 cm³/mol. The van der Waals surface area contributed by atoms with Crippen molar-refractivity contribution < 1.29 is 10.2 Å². The second kappa shape index (κ2) is 4.98. The summed E-state index contributed by atoms with van der Waals surface area (Å²) in [6, 6.07) is 6.92. The molecule has 0 aromatic heterocycles. The molecule has 0 spiro atoms. The zero-order valence-corrected chi connectivity index (χ0v) is 8.35. The zero-order valence-electron chi connectivity index (χ0n) is 8.35. The maximum Gasteiger partial charge on any atom is 0.118 e. The van der Waals surface area contributed by atoms with Crippen molar-refractivity contribution in [2.24, 2.45) is 5.73 Å². The molecule has 1 rings (SSSR count). The first kappa shape index (κ1) is 11.0. The number of phenolic OH excluding ortho intramolecular Hbond substituents is 1. The monoisotopic (exact) mass is 195 g/mol. The summed E-state index contributed by atoms with van der Waals surface area (Å²) in [6.07, 6.45) is 0.722.